The van der Waals surface area contributed by atoms with Gasteiger partial charge in [-0.25, -0.2) is 4.98 Å². The summed E-state index contributed by atoms with van der Waals surface area (Å²) in [6.07, 6.45) is 3.85. The van der Waals surface area contributed by atoms with Crippen LogP contribution in [0.25, 0.3) is 0 Å². The summed E-state index contributed by atoms with van der Waals surface area (Å²) in [4.78, 5) is 4.44. The van der Waals surface area contributed by atoms with Crippen molar-refractivity contribution in [1.29, 1.82) is 0 Å². The zero-order valence-corrected chi connectivity index (χ0v) is 9.24. The highest BCUT2D eigenvalue weighted by atomic mass is 15.0. The van der Waals surface area contributed by atoms with E-state index in [-0.39, 0.29) is 0 Å². The number of anilines is 1. The Morgan fingerprint density at radius 1 is 1.47 bits per heavy atom. The van der Waals surface area contributed by atoms with Crippen molar-refractivity contribution in [3.63, 3.8) is 0 Å². The van der Waals surface area contributed by atoms with Crippen molar-refractivity contribution in [2.75, 3.05) is 5.32 Å². The molecule has 15 heavy (non-hydrogen) atoms. The van der Waals surface area contributed by atoms with E-state index in [4.69, 9.17) is 5.73 Å². The minimum Gasteiger partial charge on any atom is -0.367 e. The van der Waals surface area contributed by atoms with Crippen LogP contribution < -0.4 is 11.1 Å². The molecule has 2 rings (SSSR count). The van der Waals surface area contributed by atoms with E-state index >= 15 is 0 Å². The summed E-state index contributed by atoms with van der Waals surface area (Å²) >= 11 is 0. The number of hydrogen-bond acceptors (Lipinski definition) is 3. The third-order valence-corrected chi connectivity index (χ3v) is 3.06. The van der Waals surface area contributed by atoms with Crippen LogP contribution in [0.4, 0.5) is 5.82 Å². The van der Waals surface area contributed by atoms with Crippen LogP contribution in [0.2, 0.25) is 0 Å². The van der Waals surface area contributed by atoms with Crippen molar-refractivity contribution in [2.45, 2.75) is 38.8 Å². The number of pyridine rings is 1. The van der Waals surface area contributed by atoms with Gasteiger partial charge in [0.1, 0.15) is 5.82 Å². The molecular weight excluding hydrogens is 186 g/mol. The molecule has 1 saturated carbocycles. The second-order valence-electron chi connectivity index (χ2n) is 4.48. The standard InChI is InChI=1S/C12H19N3/c1-9-5-6-10(7-9)14-12-4-2-3-11(8-13)15-12/h2-4,9-10H,5-8,13H2,1H3,(H,14,15). The molecule has 3 nitrogen and oxygen atoms in total. The van der Waals surface area contributed by atoms with Crippen LogP contribution in [0.1, 0.15) is 31.9 Å². The average molecular weight is 205 g/mol. The van der Waals surface area contributed by atoms with Gasteiger partial charge in [0.25, 0.3) is 0 Å². The van der Waals surface area contributed by atoms with Gasteiger partial charge in [-0.1, -0.05) is 13.0 Å². The van der Waals surface area contributed by atoms with Crippen LogP contribution in [0.15, 0.2) is 18.2 Å². The van der Waals surface area contributed by atoms with Crippen molar-refractivity contribution in [1.82, 2.24) is 4.98 Å². The van der Waals surface area contributed by atoms with Gasteiger partial charge in [0, 0.05) is 12.6 Å². The summed E-state index contributed by atoms with van der Waals surface area (Å²) in [7, 11) is 0. The Bertz CT molecular complexity index is 324. The van der Waals surface area contributed by atoms with Gasteiger partial charge >= 0.3 is 0 Å². The van der Waals surface area contributed by atoms with Crippen molar-refractivity contribution >= 4 is 5.82 Å². The first-order valence-corrected chi connectivity index (χ1v) is 5.70. The Morgan fingerprint density at radius 3 is 3.00 bits per heavy atom. The zero-order valence-electron chi connectivity index (χ0n) is 9.24. The summed E-state index contributed by atoms with van der Waals surface area (Å²) < 4.78 is 0. The SMILES string of the molecule is CC1CCC(Nc2cccc(CN)n2)C1. The molecule has 1 aromatic heterocycles. The second-order valence-corrected chi connectivity index (χ2v) is 4.48. The first-order chi connectivity index (χ1) is 7.28. The minimum absolute atomic E-state index is 0.511. The summed E-state index contributed by atoms with van der Waals surface area (Å²) in [6.45, 7) is 2.82. The van der Waals surface area contributed by atoms with Gasteiger partial charge in [-0.05, 0) is 37.3 Å². The molecule has 1 heterocycles. The first kappa shape index (κ1) is 10.4. The van der Waals surface area contributed by atoms with E-state index in [1.165, 1.54) is 19.3 Å². The maximum Gasteiger partial charge on any atom is 0.126 e. The van der Waals surface area contributed by atoms with Gasteiger partial charge in [0.15, 0.2) is 0 Å². The lowest BCUT2D eigenvalue weighted by atomic mass is 10.1. The Hall–Kier alpha value is -1.09. The van der Waals surface area contributed by atoms with E-state index in [2.05, 4.69) is 17.2 Å². The lowest BCUT2D eigenvalue weighted by molar-refractivity contribution is 0.602. The maximum atomic E-state index is 5.56. The van der Waals surface area contributed by atoms with Gasteiger partial charge in [0.05, 0.1) is 5.69 Å². The second kappa shape index (κ2) is 4.62. The number of nitrogens with one attached hydrogen (secondary N) is 1. The molecule has 2 atom stereocenters. The molecule has 0 bridgehead atoms. The van der Waals surface area contributed by atoms with E-state index < -0.39 is 0 Å². The van der Waals surface area contributed by atoms with Gasteiger partial charge < -0.3 is 11.1 Å². The molecule has 0 radical (unpaired) electrons. The van der Waals surface area contributed by atoms with Crippen molar-refractivity contribution in [3.05, 3.63) is 23.9 Å². The van der Waals surface area contributed by atoms with Gasteiger partial charge in [-0.2, -0.15) is 0 Å². The summed E-state index contributed by atoms with van der Waals surface area (Å²) in [5.41, 5.74) is 6.51. The molecule has 0 aromatic carbocycles. The normalized spacial score (nSPS) is 25.5. The molecule has 82 valence electrons. The highest BCUT2D eigenvalue weighted by Gasteiger charge is 2.21. The number of nitrogens with zero attached hydrogens (tertiary/aromatic N) is 1. The van der Waals surface area contributed by atoms with Crippen LogP contribution in [-0.2, 0) is 6.54 Å². The molecule has 3 N–H and O–H groups in total. The predicted octanol–water partition coefficient (Wildman–Crippen LogP) is 2.14. The fourth-order valence-electron chi connectivity index (χ4n) is 2.22. The third kappa shape index (κ3) is 2.69. The number of aromatic nitrogens is 1. The van der Waals surface area contributed by atoms with Crippen LogP contribution >= 0.6 is 0 Å². The molecule has 0 amide bonds. The Balaban J connectivity index is 1.98. The minimum atomic E-state index is 0.511. The highest BCUT2D eigenvalue weighted by molar-refractivity contribution is 5.36. The Morgan fingerprint density at radius 2 is 2.33 bits per heavy atom. The van der Waals surface area contributed by atoms with Gasteiger partial charge in [-0.15, -0.1) is 0 Å². The summed E-state index contributed by atoms with van der Waals surface area (Å²) in [5.74, 6) is 1.82. The third-order valence-electron chi connectivity index (χ3n) is 3.06. The Kier molecular flexibility index (Phi) is 3.21. The lowest BCUT2D eigenvalue weighted by Gasteiger charge is -2.13. The molecule has 0 saturated heterocycles. The molecule has 3 heteroatoms. The predicted molar refractivity (Wildman–Crippen MR) is 62.6 cm³/mol. The van der Waals surface area contributed by atoms with Gasteiger partial charge in [0.2, 0.25) is 0 Å². The number of nitrogens with two attached hydrogens (primary N) is 1. The number of rotatable bonds is 3. The van der Waals surface area contributed by atoms with E-state index in [1.54, 1.807) is 0 Å². The number of hydrogen-bond donors (Lipinski definition) is 2. The van der Waals surface area contributed by atoms with Crippen molar-refractivity contribution < 1.29 is 0 Å². The monoisotopic (exact) mass is 205 g/mol. The maximum absolute atomic E-state index is 5.56. The fourth-order valence-corrected chi connectivity index (χ4v) is 2.22. The van der Waals surface area contributed by atoms with Crippen molar-refractivity contribution in [3.8, 4) is 0 Å². The van der Waals surface area contributed by atoms with Crippen LogP contribution in [0.3, 0.4) is 0 Å². The molecule has 1 fully saturated rings. The summed E-state index contributed by atoms with van der Waals surface area (Å²) in [6, 6.07) is 6.58. The van der Waals surface area contributed by atoms with E-state index in [0.29, 0.717) is 12.6 Å². The smallest absolute Gasteiger partial charge is 0.126 e. The topological polar surface area (TPSA) is 50.9 Å². The molecular formula is C12H19N3. The first-order valence-electron chi connectivity index (χ1n) is 5.70. The Labute approximate surface area is 91.1 Å². The van der Waals surface area contributed by atoms with Crippen LogP contribution in [-0.4, -0.2) is 11.0 Å². The summed E-state index contributed by atoms with van der Waals surface area (Å²) in [5, 5.41) is 3.48. The van der Waals surface area contributed by atoms with Crippen LogP contribution in [0, 0.1) is 5.92 Å². The highest BCUT2D eigenvalue weighted by Crippen LogP contribution is 2.26. The van der Waals surface area contributed by atoms with Crippen LogP contribution in [0.5, 0.6) is 0 Å². The van der Waals surface area contributed by atoms with E-state index in [9.17, 15) is 0 Å². The van der Waals surface area contributed by atoms with Gasteiger partial charge in [-0.3, -0.25) is 0 Å². The molecule has 1 aliphatic carbocycles. The largest absolute Gasteiger partial charge is 0.367 e. The van der Waals surface area contributed by atoms with E-state index in [0.717, 1.165) is 17.4 Å². The van der Waals surface area contributed by atoms with Crippen molar-refractivity contribution in [2.24, 2.45) is 11.7 Å². The fraction of sp³-hybridized carbons (Fsp3) is 0.583. The van der Waals surface area contributed by atoms with E-state index in [1.807, 2.05) is 18.2 Å². The average Bonchev–Trinajstić information content (AvgIpc) is 2.64. The molecule has 1 aliphatic rings. The molecule has 1 aromatic rings. The lowest BCUT2D eigenvalue weighted by Crippen LogP contribution is -2.16. The zero-order chi connectivity index (χ0) is 10.7. The molecule has 0 aliphatic heterocycles. The molecule has 0 spiro atoms. The molecule has 2 unspecified atom stereocenters. The quantitative estimate of drug-likeness (QED) is 0.795.